The molecule has 1 saturated heterocycles. The highest BCUT2D eigenvalue weighted by Crippen LogP contribution is 2.25. The van der Waals surface area contributed by atoms with Crippen LogP contribution in [-0.2, 0) is 6.54 Å². The second-order valence-electron chi connectivity index (χ2n) is 6.00. The molecule has 0 spiro atoms. The lowest BCUT2D eigenvalue weighted by Crippen LogP contribution is -2.41. The normalized spacial score (nSPS) is 18.4. The summed E-state index contributed by atoms with van der Waals surface area (Å²) in [5.74, 6) is 2.25. The quantitative estimate of drug-likeness (QED) is 0.566. The molecule has 1 aromatic rings. The Kier molecular flexibility index (Phi) is 8.32. The molecular formula is C18H30N4S. The number of likely N-dealkylation sites (N-methyl/N-ethyl adjacent to an activating group) is 1. The molecule has 0 amide bonds. The average molecular weight is 335 g/mol. The minimum Gasteiger partial charge on any atom is -0.357 e. The van der Waals surface area contributed by atoms with Gasteiger partial charge in [-0.3, -0.25) is 4.99 Å². The van der Waals surface area contributed by atoms with Gasteiger partial charge in [0.1, 0.15) is 0 Å². The second-order valence-corrected chi connectivity index (χ2v) is 7.41. The first-order valence-corrected chi connectivity index (χ1v) is 9.69. The Morgan fingerprint density at radius 1 is 1.30 bits per heavy atom. The number of nitrogens with zero attached hydrogens (tertiary/aromatic N) is 2. The summed E-state index contributed by atoms with van der Waals surface area (Å²) in [7, 11) is 2.16. The van der Waals surface area contributed by atoms with Crippen molar-refractivity contribution in [2.75, 3.05) is 39.0 Å². The maximum atomic E-state index is 4.73. The highest BCUT2D eigenvalue weighted by atomic mass is 32.2. The van der Waals surface area contributed by atoms with Crippen molar-refractivity contribution in [1.29, 1.82) is 0 Å². The van der Waals surface area contributed by atoms with E-state index in [9.17, 15) is 0 Å². The maximum Gasteiger partial charge on any atom is 0.191 e. The molecule has 1 aliphatic rings. The number of hydrogen-bond acceptors (Lipinski definition) is 3. The molecule has 1 fully saturated rings. The second kappa shape index (κ2) is 10.6. The van der Waals surface area contributed by atoms with Gasteiger partial charge in [-0.15, -0.1) is 0 Å². The number of aliphatic imine (C=N–C) groups is 1. The predicted octanol–water partition coefficient (Wildman–Crippen LogP) is 2.57. The van der Waals surface area contributed by atoms with Crippen LogP contribution in [0.1, 0.15) is 25.3 Å². The predicted molar refractivity (Wildman–Crippen MR) is 102 cm³/mol. The smallest absolute Gasteiger partial charge is 0.191 e. The summed E-state index contributed by atoms with van der Waals surface area (Å²) in [5, 5.41) is 7.50. The molecule has 1 atom stereocenters. The Balaban J connectivity index is 1.69. The number of rotatable bonds is 8. The SMILES string of the molecule is CCNC(=NCC1CCCS1)NCCN(C)Cc1ccccc1. The van der Waals surface area contributed by atoms with E-state index >= 15 is 0 Å². The topological polar surface area (TPSA) is 39.7 Å². The summed E-state index contributed by atoms with van der Waals surface area (Å²) in [6.45, 7) is 6.84. The van der Waals surface area contributed by atoms with E-state index in [1.54, 1.807) is 0 Å². The number of hydrogen-bond donors (Lipinski definition) is 2. The highest BCUT2D eigenvalue weighted by Gasteiger charge is 2.14. The van der Waals surface area contributed by atoms with Crippen molar-refractivity contribution in [1.82, 2.24) is 15.5 Å². The Morgan fingerprint density at radius 2 is 2.13 bits per heavy atom. The van der Waals surface area contributed by atoms with E-state index < -0.39 is 0 Å². The third-order valence-electron chi connectivity index (χ3n) is 3.90. The van der Waals surface area contributed by atoms with Gasteiger partial charge in [0, 0.05) is 31.4 Å². The zero-order valence-corrected chi connectivity index (χ0v) is 15.2. The first kappa shape index (κ1) is 18.1. The monoisotopic (exact) mass is 334 g/mol. The molecule has 1 heterocycles. The van der Waals surface area contributed by atoms with E-state index in [0.717, 1.165) is 38.7 Å². The summed E-state index contributed by atoms with van der Waals surface area (Å²) in [6.07, 6.45) is 2.66. The molecule has 0 bridgehead atoms. The third kappa shape index (κ3) is 7.27. The van der Waals surface area contributed by atoms with Crippen LogP contribution in [0, 0.1) is 0 Å². The lowest BCUT2D eigenvalue weighted by atomic mass is 10.2. The van der Waals surface area contributed by atoms with Gasteiger partial charge in [0.15, 0.2) is 5.96 Å². The summed E-state index contributed by atoms with van der Waals surface area (Å²) < 4.78 is 0. The van der Waals surface area contributed by atoms with Gasteiger partial charge in [-0.05, 0) is 38.1 Å². The Hall–Kier alpha value is -1.20. The molecule has 0 radical (unpaired) electrons. The van der Waals surface area contributed by atoms with Crippen molar-refractivity contribution < 1.29 is 0 Å². The van der Waals surface area contributed by atoms with Crippen LogP contribution in [0.2, 0.25) is 0 Å². The molecule has 1 aliphatic heterocycles. The molecule has 1 unspecified atom stereocenters. The van der Waals surface area contributed by atoms with Crippen LogP contribution in [0.25, 0.3) is 0 Å². The third-order valence-corrected chi connectivity index (χ3v) is 5.28. The van der Waals surface area contributed by atoms with Crippen molar-refractivity contribution in [2.45, 2.75) is 31.6 Å². The number of guanidine groups is 1. The van der Waals surface area contributed by atoms with Crippen LogP contribution >= 0.6 is 11.8 Å². The zero-order chi connectivity index (χ0) is 16.3. The average Bonchev–Trinajstić information content (AvgIpc) is 3.07. The molecule has 1 aromatic carbocycles. The minimum absolute atomic E-state index is 0.714. The Bertz CT molecular complexity index is 457. The van der Waals surface area contributed by atoms with Crippen LogP contribution in [0.4, 0.5) is 0 Å². The van der Waals surface area contributed by atoms with Gasteiger partial charge in [-0.1, -0.05) is 30.3 Å². The first-order valence-electron chi connectivity index (χ1n) is 8.64. The van der Waals surface area contributed by atoms with Gasteiger partial charge in [-0.2, -0.15) is 11.8 Å². The van der Waals surface area contributed by atoms with Gasteiger partial charge in [0.2, 0.25) is 0 Å². The van der Waals surface area contributed by atoms with E-state index in [1.165, 1.54) is 24.2 Å². The summed E-state index contributed by atoms with van der Waals surface area (Å²) >= 11 is 2.06. The van der Waals surface area contributed by atoms with Gasteiger partial charge in [0.25, 0.3) is 0 Å². The van der Waals surface area contributed by atoms with Gasteiger partial charge in [-0.25, -0.2) is 0 Å². The fourth-order valence-electron chi connectivity index (χ4n) is 2.66. The lowest BCUT2D eigenvalue weighted by Gasteiger charge is -2.18. The van der Waals surface area contributed by atoms with E-state index in [4.69, 9.17) is 4.99 Å². The van der Waals surface area contributed by atoms with Crippen LogP contribution in [0.3, 0.4) is 0 Å². The highest BCUT2D eigenvalue weighted by molar-refractivity contribution is 8.00. The molecule has 0 aliphatic carbocycles. The molecule has 128 valence electrons. The van der Waals surface area contributed by atoms with Crippen LogP contribution in [-0.4, -0.2) is 55.1 Å². The van der Waals surface area contributed by atoms with Crippen LogP contribution < -0.4 is 10.6 Å². The summed E-state index contributed by atoms with van der Waals surface area (Å²) in [5.41, 5.74) is 1.36. The molecule has 5 heteroatoms. The van der Waals surface area contributed by atoms with E-state index in [1.807, 2.05) is 0 Å². The van der Waals surface area contributed by atoms with E-state index in [2.05, 4.69) is 71.6 Å². The number of nitrogens with one attached hydrogen (secondary N) is 2. The molecule has 2 rings (SSSR count). The maximum absolute atomic E-state index is 4.73. The molecular weight excluding hydrogens is 304 g/mol. The summed E-state index contributed by atoms with van der Waals surface area (Å²) in [6, 6.07) is 10.6. The van der Waals surface area contributed by atoms with Gasteiger partial charge >= 0.3 is 0 Å². The van der Waals surface area contributed by atoms with Crippen molar-refractivity contribution in [3.05, 3.63) is 35.9 Å². The van der Waals surface area contributed by atoms with E-state index in [-0.39, 0.29) is 0 Å². The first-order chi connectivity index (χ1) is 11.3. The largest absolute Gasteiger partial charge is 0.357 e. The minimum atomic E-state index is 0.714. The van der Waals surface area contributed by atoms with Crippen LogP contribution in [0.15, 0.2) is 35.3 Å². The van der Waals surface area contributed by atoms with Crippen molar-refractivity contribution in [3.8, 4) is 0 Å². The Labute approximate surface area is 145 Å². The zero-order valence-electron chi connectivity index (χ0n) is 14.4. The van der Waals surface area contributed by atoms with Crippen LogP contribution in [0.5, 0.6) is 0 Å². The molecule has 0 aromatic heterocycles. The fourth-order valence-corrected chi connectivity index (χ4v) is 3.84. The molecule has 23 heavy (non-hydrogen) atoms. The molecule has 2 N–H and O–H groups in total. The Morgan fingerprint density at radius 3 is 2.83 bits per heavy atom. The van der Waals surface area contributed by atoms with Gasteiger partial charge < -0.3 is 15.5 Å². The van der Waals surface area contributed by atoms with Crippen molar-refractivity contribution >= 4 is 17.7 Å². The molecule has 0 saturated carbocycles. The number of benzene rings is 1. The number of thioether (sulfide) groups is 1. The molecule has 4 nitrogen and oxygen atoms in total. The van der Waals surface area contributed by atoms with E-state index in [0.29, 0.717) is 5.25 Å². The fraction of sp³-hybridized carbons (Fsp3) is 0.611. The van der Waals surface area contributed by atoms with Gasteiger partial charge in [0.05, 0.1) is 6.54 Å². The van der Waals surface area contributed by atoms with Crippen molar-refractivity contribution in [2.24, 2.45) is 4.99 Å². The summed E-state index contributed by atoms with van der Waals surface area (Å²) in [4.78, 5) is 7.06. The van der Waals surface area contributed by atoms with Crippen molar-refractivity contribution in [3.63, 3.8) is 0 Å². The standard InChI is InChI=1S/C18H30N4S/c1-3-19-18(21-14-17-10-7-13-23-17)20-11-12-22(2)15-16-8-5-4-6-9-16/h4-6,8-9,17H,3,7,10-15H2,1-2H3,(H2,19,20,21). The lowest BCUT2D eigenvalue weighted by molar-refractivity contribution is 0.331.